The molecule has 0 saturated heterocycles. The van der Waals surface area contributed by atoms with Crippen LogP contribution in [0.15, 0.2) is 18.2 Å². The Morgan fingerprint density at radius 1 is 1.58 bits per heavy atom. The summed E-state index contributed by atoms with van der Waals surface area (Å²) < 4.78 is 0. The number of terminal acetylenes is 1. The van der Waals surface area contributed by atoms with Crippen molar-refractivity contribution in [1.82, 2.24) is 0 Å². The Hall–Kier alpha value is -1.75. The first-order valence-corrected chi connectivity index (χ1v) is 3.45. The predicted octanol–water partition coefficient (Wildman–Crippen LogP) is 1.67. The minimum absolute atomic E-state index is 0.192. The maximum absolute atomic E-state index is 10.6. The van der Waals surface area contributed by atoms with Gasteiger partial charge >= 0.3 is 5.97 Å². The van der Waals surface area contributed by atoms with E-state index in [9.17, 15) is 4.79 Å². The molecule has 2 heteroatoms. The third-order valence-electron chi connectivity index (χ3n) is 1.56. The van der Waals surface area contributed by atoms with Gasteiger partial charge in [-0.2, -0.15) is 0 Å². The van der Waals surface area contributed by atoms with Crippen molar-refractivity contribution >= 4 is 5.97 Å². The maximum Gasteiger partial charge on any atom is 0.336 e. The molecule has 1 N–H and O–H groups in total. The topological polar surface area (TPSA) is 37.3 Å². The molecule has 0 radical (unpaired) electrons. The number of carboxylic acid groups (broad SMARTS) is 1. The predicted molar refractivity (Wildman–Crippen MR) is 46.1 cm³/mol. The molecule has 0 amide bonds. The lowest BCUT2D eigenvalue weighted by Crippen LogP contribution is -2.00. The zero-order chi connectivity index (χ0) is 9.14. The molecular weight excluding hydrogens is 152 g/mol. The molecule has 0 unspecified atom stereocenters. The summed E-state index contributed by atoms with van der Waals surface area (Å²) in [5.41, 5.74) is 1.51. The molecule has 0 bridgehead atoms. The fraction of sp³-hybridized carbons (Fsp3) is 0.100. The van der Waals surface area contributed by atoms with E-state index in [-0.39, 0.29) is 5.56 Å². The van der Waals surface area contributed by atoms with Gasteiger partial charge in [0.2, 0.25) is 0 Å². The Balaban J connectivity index is 3.34. The van der Waals surface area contributed by atoms with E-state index >= 15 is 0 Å². The third-order valence-corrected chi connectivity index (χ3v) is 1.56. The van der Waals surface area contributed by atoms with Crippen molar-refractivity contribution in [3.8, 4) is 12.3 Å². The zero-order valence-electron chi connectivity index (χ0n) is 6.66. The molecule has 1 rings (SSSR count). The van der Waals surface area contributed by atoms with Gasteiger partial charge in [-0.3, -0.25) is 0 Å². The first-order valence-electron chi connectivity index (χ1n) is 3.45. The summed E-state index contributed by atoms with van der Waals surface area (Å²) in [5.74, 6) is 1.34. The quantitative estimate of drug-likeness (QED) is 0.634. The monoisotopic (exact) mass is 160 g/mol. The molecule has 0 heterocycles. The van der Waals surface area contributed by atoms with E-state index < -0.39 is 5.97 Å². The van der Waals surface area contributed by atoms with Crippen LogP contribution in [-0.2, 0) is 0 Å². The summed E-state index contributed by atoms with van der Waals surface area (Å²) in [5, 5.41) is 8.73. The highest BCUT2D eigenvalue weighted by Crippen LogP contribution is 2.10. The minimum atomic E-state index is -0.980. The second kappa shape index (κ2) is 3.10. The molecule has 12 heavy (non-hydrogen) atoms. The molecule has 1 aromatic rings. The van der Waals surface area contributed by atoms with Crippen molar-refractivity contribution in [3.05, 3.63) is 34.9 Å². The number of carbonyl (C=O) groups is 1. The normalized spacial score (nSPS) is 9.00. The van der Waals surface area contributed by atoms with Gasteiger partial charge in [0.05, 0.1) is 5.56 Å². The lowest BCUT2D eigenvalue weighted by molar-refractivity contribution is 0.0696. The fourth-order valence-corrected chi connectivity index (χ4v) is 0.961. The highest BCUT2D eigenvalue weighted by molar-refractivity contribution is 5.90. The van der Waals surface area contributed by atoms with Crippen LogP contribution in [-0.4, -0.2) is 11.1 Å². The largest absolute Gasteiger partial charge is 0.478 e. The molecular formula is C10H8O2. The van der Waals surface area contributed by atoms with Crippen LogP contribution in [0.1, 0.15) is 21.5 Å². The number of hydrogen-bond acceptors (Lipinski definition) is 1. The van der Waals surface area contributed by atoms with Crippen LogP contribution in [0.4, 0.5) is 0 Å². The Bertz CT molecular complexity index is 359. The average molecular weight is 160 g/mol. The van der Waals surface area contributed by atoms with E-state index in [0.717, 1.165) is 5.56 Å². The van der Waals surface area contributed by atoms with Gasteiger partial charge in [0.25, 0.3) is 0 Å². The third kappa shape index (κ3) is 1.46. The molecule has 0 aromatic heterocycles. The van der Waals surface area contributed by atoms with E-state index in [1.165, 1.54) is 0 Å². The Labute approximate surface area is 70.8 Å². The van der Waals surface area contributed by atoms with Crippen molar-refractivity contribution in [3.63, 3.8) is 0 Å². The van der Waals surface area contributed by atoms with Crippen LogP contribution in [0.2, 0.25) is 0 Å². The van der Waals surface area contributed by atoms with E-state index in [4.69, 9.17) is 11.5 Å². The number of aromatic carboxylic acids is 1. The van der Waals surface area contributed by atoms with Crippen molar-refractivity contribution in [1.29, 1.82) is 0 Å². The molecule has 0 saturated carbocycles. The molecule has 0 aliphatic rings. The van der Waals surface area contributed by atoms with Crippen LogP contribution in [0.25, 0.3) is 0 Å². The van der Waals surface area contributed by atoms with Gasteiger partial charge in [0.1, 0.15) is 0 Å². The number of carboxylic acids is 1. The van der Waals surface area contributed by atoms with Crippen molar-refractivity contribution < 1.29 is 9.90 Å². The first kappa shape index (κ1) is 8.35. The molecule has 0 aliphatic carbocycles. The molecule has 60 valence electrons. The molecule has 2 nitrogen and oxygen atoms in total. The number of hydrogen-bond donors (Lipinski definition) is 1. The van der Waals surface area contributed by atoms with Crippen molar-refractivity contribution in [2.45, 2.75) is 6.92 Å². The highest BCUT2D eigenvalue weighted by atomic mass is 16.4. The van der Waals surface area contributed by atoms with Crippen molar-refractivity contribution in [2.75, 3.05) is 0 Å². The van der Waals surface area contributed by atoms with E-state index in [1.807, 2.05) is 6.92 Å². The van der Waals surface area contributed by atoms with Gasteiger partial charge in [-0.15, -0.1) is 6.42 Å². The molecule has 0 spiro atoms. The first-order chi connectivity index (χ1) is 5.65. The summed E-state index contributed by atoms with van der Waals surface area (Å²) in [6, 6.07) is 5.00. The SMILES string of the molecule is C#Cc1ccc(C)cc1C(=O)O. The fourth-order valence-electron chi connectivity index (χ4n) is 0.961. The van der Waals surface area contributed by atoms with Gasteiger partial charge < -0.3 is 5.11 Å². The number of benzene rings is 1. The molecule has 1 aromatic carbocycles. The molecule has 0 fully saturated rings. The van der Waals surface area contributed by atoms with Crippen LogP contribution < -0.4 is 0 Å². The van der Waals surface area contributed by atoms with Gasteiger partial charge in [-0.25, -0.2) is 4.79 Å². The standard InChI is InChI=1S/C10H8O2/c1-3-8-5-4-7(2)6-9(8)10(11)12/h1,4-6H,2H3,(H,11,12). The zero-order valence-corrected chi connectivity index (χ0v) is 6.66. The van der Waals surface area contributed by atoms with Crippen molar-refractivity contribution in [2.24, 2.45) is 0 Å². The summed E-state index contributed by atoms with van der Waals surface area (Å²) >= 11 is 0. The summed E-state index contributed by atoms with van der Waals surface area (Å²) in [7, 11) is 0. The highest BCUT2D eigenvalue weighted by Gasteiger charge is 2.07. The van der Waals surface area contributed by atoms with Gasteiger partial charge in [0, 0.05) is 5.56 Å². The second-order valence-corrected chi connectivity index (χ2v) is 2.50. The maximum atomic E-state index is 10.6. The Kier molecular flexibility index (Phi) is 2.16. The van der Waals surface area contributed by atoms with Crippen LogP contribution in [0.5, 0.6) is 0 Å². The average Bonchev–Trinajstić information content (AvgIpc) is 2.04. The lowest BCUT2D eigenvalue weighted by Gasteiger charge is -1.99. The smallest absolute Gasteiger partial charge is 0.336 e. The number of aryl methyl sites for hydroxylation is 1. The Morgan fingerprint density at radius 3 is 2.75 bits per heavy atom. The second-order valence-electron chi connectivity index (χ2n) is 2.50. The van der Waals surface area contributed by atoms with Gasteiger partial charge in [-0.1, -0.05) is 17.6 Å². The number of rotatable bonds is 1. The van der Waals surface area contributed by atoms with Crippen LogP contribution in [0.3, 0.4) is 0 Å². The van der Waals surface area contributed by atoms with E-state index in [1.54, 1.807) is 18.2 Å². The van der Waals surface area contributed by atoms with Gasteiger partial charge in [-0.05, 0) is 19.1 Å². The molecule has 0 atom stereocenters. The van der Waals surface area contributed by atoms with E-state index in [2.05, 4.69) is 5.92 Å². The van der Waals surface area contributed by atoms with Crippen LogP contribution in [0, 0.1) is 19.3 Å². The van der Waals surface area contributed by atoms with Gasteiger partial charge in [0.15, 0.2) is 0 Å². The van der Waals surface area contributed by atoms with E-state index in [0.29, 0.717) is 5.56 Å². The minimum Gasteiger partial charge on any atom is -0.478 e. The molecule has 0 aliphatic heterocycles. The summed E-state index contributed by atoms with van der Waals surface area (Å²) in [6.07, 6.45) is 5.13. The van der Waals surface area contributed by atoms with Crippen LogP contribution >= 0.6 is 0 Å². The lowest BCUT2D eigenvalue weighted by atomic mass is 10.1. The summed E-state index contributed by atoms with van der Waals surface area (Å²) in [4.78, 5) is 10.6. The Morgan fingerprint density at radius 2 is 2.25 bits per heavy atom. The summed E-state index contributed by atoms with van der Waals surface area (Å²) in [6.45, 7) is 1.83.